The highest BCUT2D eigenvalue weighted by atomic mass is 16.6. The summed E-state index contributed by atoms with van der Waals surface area (Å²) in [4.78, 5) is 38.1. The maximum atomic E-state index is 12.8. The van der Waals surface area contributed by atoms with E-state index in [1.54, 1.807) is 0 Å². The number of esters is 3. The average molecular weight is 939 g/mol. The Labute approximate surface area is 417 Å². The Balaban J connectivity index is 4.50. The Bertz CT molecular complexity index is 1500. The Hall–Kier alpha value is -4.45. The minimum absolute atomic E-state index is 0.107. The van der Waals surface area contributed by atoms with Crippen LogP contribution in [0.4, 0.5) is 0 Å². The molecule has 1 atom stereocenters. The van der Waals surface area contributed by atoms with Gasteiger partial charge >= 0.3 is 17.9 Å². The van der Waals surface area contributed by atoms with Gasteiger partial charge in [-0.2, -0.15) is 0 Å². The van der Waals surface area contributed by atoms with E-state index in [9.17, 15) is 14.4 Å². The van der Waals surface area contributed by atoms with Crippen molar-refractivity contribution in [3.05, 3.63) is 134 Å². The molecule has 0 bridgehead atoms. The van der Waals surface area contributed by atoms with E-state index < -0.39 is 6.10 Å². The highest BCUT2D eigenvalue weighted by Gasteiger charge is 2.19. The van der Waals surface area contributed by atoms with Gasteiger partial charge in [-0.05, 0) is 116 Å². The largest absolute Gasteiger partial charge is 0.462 e. The van der Waals surface area contributed by atoms with E-state index in [-0.39, 0.29) is 37.5 Å². The van der Waals surface area contributed by atoms with Gasteiger partial charge < -0.3 is 14.2 Å². The van der Waals surface area contributed by atoms with Gasteiger partial charge in [-0.15, -0.1) is 0 Å². The molecule has 0 N–H and O–H groups in total. The summed E-state index contributed by atoms with van der Waals surface area (Å²) in [5.74, 6) is -0.970. The van der Waals surface area contributed by atoms with Gasteiger partial charge in [0, 0.05) is 19.3 Å². The molecule has 0 fully saturated rings. The quantitative estimate of drug-likeness (QED) is 0.0199. The molecule has 0 aliphatic rings. The SMILES string of the molecule is CC\C=C/C=C\C=C/CCCCCCCCCC(=O)OCC(COC(=O)CCCCCCCC/C=C\C/C=C\C/C=C\C/C=C\CC)OC(=O)CCCCC/C=C\C/C=C\C/C=C\C/C=C\CC. The number of rotatable bonds is 47. The monoisotopic (exact) mass is 939 g/mol. The zero-order chi connectivity index (χ0) is 49.3. The van der Waals surface area contributed by atoms with Gasteiger partial charge in [-0.3, -0.25) is 14.4 Å². The summed E-state index contributed by atoms with van der Waals surface area (Å²) in [5, 5.41) is 0. The number of carbonyl (C=O) groups is 3. The summed E-state index contributed by atoms with van der Waals surface area (Å²) in [6, 6.07) is 0. The molecule has 0 aromatic rings. The lowest BCUT2D eigenvalue weighted by Crippen LogP contribution is -2.30. The van der Waals surface area contributed by atoms with Gasteiger partial charge in [0.1, 0.15) is 13.2 Å². The van der Waals surface area contributed by atoms with Crippen LogP contribution in [0.2, 0.25) is 0 Å². The minimum atomic E-state index is -0.811. The van der Waals surface area contributed by atoms with Crippen LogP contribution < -0.4 is 0 Å². The third-order valence-corrected chi connectivity index (χ3v) is 10.9. The van der Waals surface area contributed by atoms with Gasteiger partial charge in [0.2, 0.25) is 0 Å². The molecule has 0 radical (unpaired) electrons. The fourth-order valence-corrected chi connectivity index (χ4v) is 6.95. The summed E-state index contributed by atoms with van der Waals surface area (Å²) in [6.07, 6.45) is 77.2. The molecule has 0 spiro atoms. The standard InChI is InChI=1S/C62H98O6/c1-4-7-10-13-16-19-22-25-28-30-31-32-35-37-40-43-46-49-52-55-61(64)67-58-59(57-66-60(63)54-51-48-45-42-39-36-33-27-24-21-18-15-12-9-6-3)68-62(65)56-53-50-47-44-41-38-34-29-26-23-20-17-14-11-8-5-2/h7-12,15-21,24-26,28-29,31-32,38,41,59H,4-6,13-14,22-23,27,30,33-37,39-40,42-58H2,1-3H3/b10-7-,11-8-,12-9-,18-15-,19-16-,20-17-,24-21-,28-25-,29-26-,32-31-,41-38-. The molecule has 0 aliphatic carbocycles. The Morgan fingerprint density at radius 2 is 0.603 bits per heavy atom. The van der Waals surface area contributed by atoms with Crippen LogP contribution in [-0.2, 0) is 28.6 Å². The Kier molecular flexibility index (Phi) is 51.5. The molecule has 6 heteroatoms. The lowest BCUT2D eigenvalue weighted by atomic mass is 10.1. The molecule has 1 unspecified atom stereocenters. The lowest BCUT2D eigenvalue weighted by Gasteiger charge is -2.18. The zero-order valence-electron chi connectivity index (χ0n) is 43.6. The highest BCUT2D eigenvalue weighted by Crippen LogP contribution is 2.13. The van der Waals surface area contributed by atoms with Crippen LogP contribution in [0.15, 0.2) is 134 Å². The second kappa shape index (κ2) is 55.1. The van der Waals surface area contributed by atoms with Crippen molar-refractivity contribution in [3.63, 3.8) is 0 Å². The molecule has 0 amide bonds. The van der Waals surface area contributed by atoms with Crippen LogP contribution in [0.3, 0.4) is 0 Å². The molecule has 6 nitrogen and oxygen atoms in total. The van der Waals surface area contributed by atoms with Crippen molar-refractivity contribution in [1.82, 2.24) is 0 Å². The molecule has 0 rings (SSSR count). The van der Waals surface area contributed by atoms with Crippen molar-refractivity contribution in [1.29, 1.82) is 0 Å². The summed E-state index contributed by atoms with van der Waals surface area (Å²) in [7, 11) is 0. The van der Waals surface area contributed by atoms with Crippen molar-refractivity contribution < 1.29 is 28.6 Å². The zero-order valence-corrected chi connectivity index (χ0v) is 43.6. The first-order valence-electron chi connectivity index (χ1n) is 27.2. The minimum Gasteiger partial charge on any atom is -0.462 e. The maximum absolute atomic E-state index is 12.8. The number of hydrogen-bond donors (Lipinski definition) is 0. The van der Waals surface area contributed by atoms with E-state index in [1.165, 1.54) is 38.5 Å². The second-order valence-electron chi connectivity index (χ2n) is 17.4. The van der Waals surface area contributed by atoms with E-state index in [0.717, 1.165) is 141 Å². The van der Waals surface area contributed by atoms with Crippen LogP contribution >= 0.6 is 0 Å². The average Bonchev–Trinajstić information content (AvgIpc) is 3.34. The Morgan fingerprint density at radius 3 is 1.00 bits per heavy atom. The van der Waals surface area contributed by atoms with Crippen molar-refractivity contribution in [2.24, 2.45) is 0 Å². The predicted molar refractivity (Wildman–Crippen MR) is 292 cm³/mol. The molecule has 0 aromatic heterocycles. The number of unbranched alkanes of at least 4 members (excludes halogenated alkanes) is 16. The number of allylic oxidation sites excluding steroid dienone is 22. The number of hydrogen-bond acceptors (Lipinski definition) is 6. The first-order valence-corrected chi connectivity index (χ1v) is 27.2. The van der Waals surface area contributed by atoms with Crippen LogP contribution in [0.1, 0.15) is 220 Å². The maximum Gasteiger partial charge on any atom is 0.306 e. The van der Waals surface area contributed by atoms with Gasteiger partial charge in [-0.1, -0.05) is 219 Å². The smallest absolute Gasteiger partial charge is 0.306 e. The first kappa shape index (κ1) is 63.5. The topological polar surface area (TPSA) is 78.9 Å². The molecular weight excluding hydrogens is 841 g/mol. The van der Waals surface area contributed by atoms with Crippen molar-refractivity contribution in [3.8, 4) is 0 Å². The molecule has 0 saturated carbocycles. The van der Waals surface area contributed by atoms with E-state index >= 15 is 0 Å². The summed E-state index contributed by atoms with van der Waals surface area (Å²) < 4.78 is 16.8. The third kappa shape index (κ3) is 52.5. The van der Waals surface area contributed by atoms with Crippen molar-refractivity contribution >= 4 is 17.9 Å². The van der Waals surface area contributed by atoms with E-state index in [2.05, 4.69) is 154 Å². The second-order valence-corrected chi connectivity index (χ2v) is 17.4. The highest BCUT2D eigenvalue weighted by molar-refractivity contribution is 5.71. The van der Waals surface area contributed by atoms with Gasteiger partial charge in [0.15, 0.2) is 6.10 Å². The summed E-state index contributed by atoms with van der Waals surface area (Å²) >= 11 is 0. The first-order chi connectivity index (χ1) is 33.5. The lowest BCUT2D eigenvalue weighted by molar-refractivity contribution is -0.167. The summed E-state index contributed by atoms with van der Waals surface area (Å²) in [6.45, 7) is 6.22. The predicted octanol–water partition coefficient (Wildman–Crippen LogP) is 18.3. The van der Waals surface area contributed by atoms with E-state index in [4.69, 9.17) is 14.2 Å². The fraction of sp³-hybridized carbons (Fsp3) is 0.597. The molecule has 0 aromatic carbocycles. The number of ether oxygens (including phenoxy) is 3. The third-order valence-electron chi connectivity index (χ3n) is 10.9. The van der Waals surface area contributed by atoms with Crippen molar-refractivity contribution in [2.45, 2.75) is 226 Å². The van der Waals surface area contributed by atoms with Crippen LogP contribution in [0.25, 0.3) is 0 Å². The Morgan fingerprint density at radius 1 is 0.309 bits per heavy atom. The molecule has 0 saturated heterocycles. The van der Waals surface area contributed by atoms with E-state index in [0.29, 0.717) is 12.8 Å². The van der Waals surface area contributed by atoms with Crippen LogP contribution in [0, 0.1) is 0 Å². The van der Waals surface area contributed by atoms with Crippen LogP contribution in [0.5, 0.6) is 0 Å². The van der Waals surface area contributed by atoms with Crippen LogP contribution in [-0.4, -0.2) is 37.2 Å². The molecule has 68 heavy (non-hydrogen) atoms. The molecule has 0 heterocycles. The van der Waals surface area contributed by atoms with Gasteiger partial charge in [0.25, 0.3) is 0 Å². The molecular formula is C62H98O6. The molecule has 0 aliphatic heterocycles. The van der Waals surface area contributed by atoms with Gasteiger partial charge in [0.05, 0.1) is 0 Å². The van der Waals surface area contributed by atoms with E-state index in [1.807, 2.05) is 0 Å². The normalized spacial score (nSPS) is 13.2. The van der Waals surface area contributed by atoms with Gasteiger partial charge in [-0.25, -0.2) is 0 Å². The number of carbonyl (C=O) groups excluding carboxylic acids is 3. The van der Waals surface area contributed by atoms with Crippen molar-refractivity contribution in [2.75, 3.05) is 13.2 Å². The fourth-order valence-electron chi connectivity index (χ4n) is 6.95. The summed E-state index contributed by atoms with van der Waals surface area (Å²) in [5.41, 5.74) is 0. The molecule has 382 valence electrons.